The van der Waals surface area contributed by atoms with E-state index in [1.54, 1.807) is 0 Å². The summed E-state index contributed by atoms with van der Waals surface area (Å²) in [6.45, 7) is 0. The maximum Gasteiger partial charge on any atom is 0.417 e. The quantitative estimate of drug-likeness (QED) is 0.523. The lowest BCUT2D eigenvalue weighted by molar-refractivity contribution is -0.137. The summed E-state index contributed by atoms with van der Waals surface area (Å²) in [5.41, 5.74) is -1.81. The van der Waals surface area contributed by atoms with E-state index in [4.69, 9.17) is 34.8 Å². The Bertz CT molecular complexity index is 717. The van der Waals surface area contributed by atoms with Crippen LogP contribution in [0.25, 0.3) is 11.3 Å². The standard InChI is InChI=1S/C13H5Cl3F3NO/c14-9-4-11(16)10(15)3-6(9)12-7(5-21)8(1-2-20-12)13(17,18)19/h1-5H. The molecular formula is C13H5Cl3F3NO. The summed E-state index contributed by atoms with van der Waals surface area (Å²) in [5, 5.41) is 0.275. The van der Waals surface area contributed by atoms with Gasteiger partial charge in [-0.15, -0.1) is 0 Å². The van der Waals surface area contributed by atoms with Crippen LogP contribution in [0.3, 0.4) is 0 Å². The van der Waals surface area contributed by atoms with Gasteiger partial charge in [0.05, 0.1) is 31.9 Å². The first kappa shape index (κ1) is 16.1. The van der Waals surface area contributed by atoms with Crippen LogP contribution in [0, 0.1) is 0 Å². The molecular weight excluding hydrogens is 350 g/mol. The molecule has 0 unspecified atom stereocenters. The second-order valence-electron chi connectivity index (χ2n) is 3.98. The number of carbonyl (C=O) groups excluding carboxylic acids is 1. The van der Waals surface area contributed by atoms with Crippen molar-refractivity contribution in [3.05, 3.63) is 50.6 Å². The molecule has 0 aliphatic heterocycles. The van der Waals surface area contributed by atoms with Crippen LogP contribution in [0.4, 0.5) is 13.2 Å². The summed E-state index contributed by atoms with van der Waals surface area (Å²) in [7, 11) is 0. The van der Waals surface area contributed by atoms with Gasteiger partial charge in [0.25, 0.3) is 0 Å². The normalized spacial score (nSPS) is 11.5. The van der Waals surface area contributed by atoms with Crippen LogP contribution in [0.1, 0.15) is 15.9 Å². The number of alkyl halides is 3. The van der Waals surface area contributed by atoms with Crippen molar-refractivity contribution in [2.45, 2.75) is 6.18 Å². The highest BCUT2D eigenvalue weighted by Gasteiger charge is 2.35. The predicted molar refractivity (Wildman–Crippen MR) is 75.1 cm³/mol. The third-order valence-electron chi connectivity index (χ3n) is 2.68. The molecule has 0 saturated carbocycles. The number of nitrogens with zero attached hydrogens (tertiary/aromatic N) is 1. The highest BCUT2D eigenvalue weighted by molar-refractivity contribution is 6.44. The summed E-state index contributed by atoms with van der Waals surface area (Å²) in [4.78, 5) is 14.9. The number of pyridine rings is 1. The fraction of sp³-hybridized carbons (Fsp3) is 0.0769. The molecule has 1 aromatic carbocycles. The summed E-state index contributed by atoms with van der Waals surface area (Å²) in [5.74, 6) is 0. The summed E-state index contributed by atoms with van der Waals surface area (Å²) < 4.78 is 38.7. The molecule has 110 valence electrons. The number of aldehydes is 1. The number of carbonyl (C=O) groups is 1. The van der Waals surface area contributed by atoms with Gasteiger partial charge in [0.2, 0.25) is 0 Å². The Kier molecular flexibility index (Phi) is 4.46. The molecule has 0 aliphatic rings. The predicted octanol–water partition coefficient (Wildman–Crippen LogP) is 5.54. The van der Waals surface area contributed by atoms with E-state index in [9.17, 15) is 18.0 Å². The second-order valence-corrected chi connectivity index (χ2v) is 5.20. The monoisotopic (exact) mass is 353 g/mol. The van der Waals surface area contributed by atoms with Gasteiger partial charge in [0, 0.05) is 11.8 Å². The minimum Gasteiger partial charge on any atom is -0.298 e. The Morgan fingerprint density at radius 1 is 1.05 bits per heavy atom. The Balaban J connectivity index is 2.76. The largest absolute Gasteiger partial charge is 0.417 e. The van der Waals surface area contributed by atoms with Gasteiger partial charge in [0.1, 0.15) is 0 Å². The van der Waals surface area contributed by atoms with E-state index in [1.807, 2.05) is 0 Å². The summed E-state index contributed by atoms with van der Waals surface area (Å²) in [6.07, 6.45) is -3.65. The first-order valence-corrected chi connectivity index (χ1v) is 6.55. The number of benzene rings is 1. The number of hydrogen-bond acceptors (Lipinski definition) is 2. The molecule has 21 heavy (non-hydrogen) atoms. The first-order chi connectivity index (χ1) is 9.75. The third-order valence-corrected chi connectivity index (χ3v) is 3.71. The smallest absolute Gasteiger partial charge is 0.298 e. The Morgan fingerprint density at radius 3 is 2.24 bits per heavy atom. The molecule has 2 nitrogen and oxygen atoms in total. The maximum atomic E-state index is 12.9. The minimum absolute atomic E-state index is 0.0410. The molecule has 0 amide bonds. The van der Waals surface area contributed by atoms with Crippen molar-refractivity contribution < 1.29 is 18.0 Å². The average Bonchev–Trinajstić information content (AvgIpc) is 2.41. The van der Waals surface area contributed by atoms with Crippen molar-refractivity contribution >= 4 is 41.1 Å². The number of hydrogen-bond donors (Lipinski definition) is 0. The van der Waals surface area contributed by atoms with Crippen LogP contribution in [0.2, 0.25) is 15.1 Å². The van der Waals surface area contributed by atoms with Crippen LogP contribution >= 0.6 is 34.8 Å². The third kappa shape index (κ3) is 3.15. The van der Waals surface area contributed by atoms with Gasteiger partial charge in [-0.1, -0.05) is 34.8 Å². The van der Waals surface area contributed by atoms with Crippen LogP contribution in [-0.2, 0) is 6.18 Å². The van der Waals surface area contributed by atoms with Gasteiger partial charge in [0.15, 0.2) is 6.29 Å². The number of halogens is 6. The highest BCUT2D eigenvalue weighted by atomic mass is 35.5. The second kappa shape index (κ2) is 5.83. The van der Waals surface area contributed by atoms with Gasteiger partial charge in [-0.2, -0.15) is 13.2 Å². The Labute approximate surface area is 132 Å². The lowest BCUT2D eigenvalue weighted by Crippen LogP contribution is -2.10. The minimum atomic E-state index is -4.68. The molecule has 0 spiro atoms. The summed E-state index contributed by atoms with van der Waals surface area (Å²) in [6, 6.07) is 3.26. The molecule has 0 fully saturated rings. The molecule has 1 aromatic heterocycles. The number of aromatic nitrogens is 1. The van der Waals surface area contributed by atoms with E-state index in [-0.39, 0.29) is 32.6 Å². The van der Waals surface area contributed by atoms with Gasteiger partial charge < -0.3 is 0 Å². The van der Waals surface area contributed by atoms with Crippen molar-refractivity contribution in [3.63, 3.8) is 0 Å². The molecule has 0 N–H and O–H groups in total. The van der Waals surface area contributed by atoms with Crippen molar-refractivity contribution in [3.8, 4) is 11.3 Å². The average molecular weight is 355 g/mol. The maximum absolute atomic E-state index is 12.9. The molecule has 2 aromatic rings. The van der Waals surface area contributed by atoms with Gasteiger partial charge >= 0.3 is 6.18 Å². The van der Waals surface area contributed by atoms with Gasteiger partial charge in [-0.25, -0.2) is 0 Å². The van der Waals surface area contributed by atoms with Crippen LogP contribution < -0.4 is 0 Å². The zero-order valence-corrected chi connectivity index (χ0v) is 12.3. The van der Waals surface area contributed by atoms with E-state index in [0.717, 1.165) is 12.3 Å². The van der Waals surface area contributed by atoms with Gasteiger partial charge in [-0.05, 0) is 18.2 Å². The number of rotatable bonds is 2. The van der Waals surface area contributed by atoms with Crippen molar-refractivity contribution in [2.75, 3.05) is 0 Å². The molecule has 0 saturated heterocycles. The molecule has 0 bridgehead atoms. The van der Waals surface area contributed by atoms with E-state index in [0.29, 0.717) is 0 Å². The summed E-state index contributed by atoms with van der Waals surface area (Å²) >= 11 is 17.5. The fourth-order valence-corrected chi connectivity index (χ4v) is 2.39. The van der Waals surface area contributed by atoms with Crippen LogP contribution in [0.15, 0.2) is 24.4 Å². The fourth-order valence-electron chi connectivity index (χ4n) is 1.76. The molecule has 8 heteroatoms. The molecule has 0 atom stereocenters. The SMILES string of the molecule is O=Cc1c(C(F)(F)F)ccnc1-c1cc(Cl)c(Cl)cc1Cl. The lowest BCUT2D eigenvalue weighted by atomic mass is 10.0. The zero-order valence-electron chi connectivity index (χ0n) is 10.0. The molecule has 0 radical (unpaired) electrons. The van der Waals surface area contributed by atoms with Crippen molar-refractivity contribution in [1.82, 2.24) is 4.98 Å². The van der Waals surface area contributed by atoms with E-state index < -0.39 is 17.3 Å². The molecule has 2 rings (SSSR count). The first-order valence-electron chi connectivity index (χ1n) is 5.42. The van der Waals surface area contributed by atoms with E-state index >= 15 is 0 Å². The lowest BCUT2D eigenvalue weighted by Gasteiger charge is -2.13. The Morgan fingerprint density at radius 2 is 1.67 bits per heavy atom. The topological polar surface area (TPSA) is 30.0 Å². The van der Waals surface area contributed by atoms with Crippen LogP contribution in [-0.4, -0.2) is 11.3 Å². The van der Waals surface area contributed by atoms with E-state index in [2.05, 4.69) is 4.98 Å². The zero-order chi connectivity index (χ0) is 15.8. The van der Waals surface area contributed by atoms with Crippen molar-refractivity contribution in [2.24, 2.45) is 0 Å². The van der Waals surface area contributed by atoms with E-state index in [1.165, 1.54) is 12.1 Å². The molecule has 0 aliphatic carbocycles. The Hall–Kier alpha value is -1.30. The van der Waals surface area contributed by atoms with Gasteiger partial charge in [-0.3, -0.25) is 9.78 Å². The van der Waals surface area contributed by atoms with Crippen LogP contribution in [0.5, 0.6) is 0 Å². The van der Waals surface area contributed by atoms with Crippen molar-refractivity contribution in [1.29, 1.82) is 0 Å². The highest BCUT2D eigenvalue weighted by Crippen LogP contribution is 2.39. The molecule has 1 heterocycles.